The molecule has 6 heteroatoms. The van der Waals surface area contributed by atoms with Crippen molar-refractivity contribution in [3.63, 3.8) is 0 Å². The monoisotopic (exact) mass is 1050 g/mol. The first-order chi connectivity index (χ1) is 37.0. The zero-order valence-electron chi connectivity index (χ0n) is 50.3. The largest absolute Gasteiger partial charge is 0.462 e. The molecule has 1 unspecified atom stereocenters. The zero-order valence-corrected chi connectivity index (χ0v) is 50.3. The lowest BCUT2D eigenvalue weighted by molar-refractivity contribution is -0.167. The molecule has 0 heterocycles. The summed E-state index contributed by atoms with van der Waals surface area (Å²) in [5.74, 6) is -0.861. The Morgan fingerprint density at radius 1 is 0.267 bits per heavy atom. The van der Waals surface area contributed by atoms with Crippen LogP contribution in [-0.2, 0) is 28.6 Å². The third-order valence-corrected chi connectivity index (χ3v) is 14.8. The number of hydrogen-bond acceptors (Lipinski definition) is 6. The van der Waals surface area contributed by atoms with E-state index in [2.05, 4.69) is 69.4 Å². The summed E-state index contributed by atoms with van der Waals surface area (Å²) in [5, 5.41) is 0. The number of carbonyl (C=O) groups excluding carboxylic acids is 3. The fraction of sp³-hybridized carbons (Fsp3) is 0.841. The van der Waals surface area contributed by atoms with Gasteiger partial charge in [0, 0.05) is 19.3 Å². The lowest BCUT2D eigenvalue weighted by atomic mass is 10.0. The molecule has 0 saturated carbocycles. The van der Waals surface area contributed by atoms with Crippen molar-refractivity contribution in [3.05, 3.63) is 48.6 Å². The highest BCUT2D eigenvalue weighted by atomic mass is 16.6. The summed E-state index contributed by atoms with van der Waals surface area (Å²) in [6.07, 6.45) is 79.8. The minimum absolute atomic E-state index is 0.0726. The fourth-order valence-electron chi connectivity index (χ4n) is 9.80. The zero-order chi connectivity index (χ0) is 54.3. The number of esters is 3. The van der Waals surface area contributed by atoms with E-state index in [0.717, 1.165) is 77.0 Å². The molecule has 6 nitrogen and oxygen atoms in total. The van der Waals surface area contributed by atoms with Gasteiger partial charge in [0.2, 0.25) is 0 Å². The van der Waals surface area contributed by atoms with Gasteiger partial charge in [0.1, 0.15) is 13.2 Å². The van der Waals surface area contributed by atoms with Crippen LogP contribution in [0.4, 0.5) is 0 Å². The average Bonchev–Trinajstić information content (AvgIpc) is 3.41. The molecule has 0 aromatic heterocycles. The first kappa shape index (κ1) is 72.4. The minimum atomic E-state index is -0.775. The number of hydrogen-bond donors (Lipinski definition) is 0. The van der Waals surface area contributed by atoms with Crippen LogP contribution >= 0.6 is 0 Å². The van der Waals surface area contributed by atoms with E-state index in [-0.39, 0.29) is 31.1 Å². The smallest absolute Gasteiger partial charge is 0.306 e. The van der Waals surface area contributed by atoms with E-state index in [0.29, 0.717) is 19.3 Å². The molecule has 0 aliphatic carbocycles. The van der Waals surface area contributed by atoms with Crippen molar-refractivity contribution in [2.24, 2.45) is 0 Å². The Bertz CT molecular complexity index is 1300. The van der Waals surface area contributed by atoms with Gasteiger partial charge in [-0.1, -0.05) is 301 Å². The third-order valence-electron chi connectivity index (χ3n) is 14.8. The quantitative estimate of drug-likeness (QED) is 0.0261. The summed E-state index contributed by atoms with van der Waals surface area (Å²) >= 11 is 0. The summed E-state index contributed by atoms with van der Waals surface area (Å²) in [4.78, 5) is 38.3. The van der Waals surface area contributed by atoms with Crippen molar-refractivity contribution in [2.75, 3.05) is 13.2 Å². The van der Waals surface area contributed by atoms with Gasteiger partial charge >= 0.3 is 17.9 Å². The summed E-state index contributed by atoms with van der Waals surface area (Å²) in [6.45, 7) is 6.66. The van der Waals surface area contributed by atoms with Crippen LogP contribution in [-0.4, -0.2) is 37.2 Å². The molecule has 0 rings (SSSR count). The van der Waals surface area contributed by atoms with Gasteiger partial charge in [-0.2, -0.15) is 0 Å². The first-order valence-electron chi connectivity index (χ1n) is 33.1. The van der Waals surface area contributed by atoms with Gasteiger partial charge in [0.15, 0.2) is 6.10 Å². The number of rotatable bonds is 61. The Balaban J connectivity index is 4.24. The second-order valence-corrected chi connectivity index (χ2v) is 22.4. The van der Waals surface area contributed by atoms with Crippen LogP contribution in [0, 0.1) is 0 Å². The molecule has 0 amide bonds. The maximum Gasteiger partial charge on any atom is 0.306 e. The highest BCUT2D eigenvalue weighted by molar-refractivity contribution is 5.71. The van der Waals surface area contributed by atoms with E-state index in [1.807, 2.05) is 0 Å². The van der Waals surface area contributed by atoms with Gasteiger partial charge in [-0.3, -0.25) is 14.4 Å². The van der Waals surface area contributed by atoms with Crippen molar-refractivity contribution >= 4 is 17.9 Å². The highest BCUT2D eigenvalue weighted by Crippen LogP contribution is 2.17. The van der Waals surface area contributed by atoms with Gasteiger partial charge in [0.05, 0.1) is 0 Å². The molecule has 0 aliphatic heterocycles. The SMILES string of the molecule is CCCCCC/C=C\CCCCCCCC(=O)OCC(COC(=O)CCCCCCCCCCCCCC/C=C\C/C=C\C/C=C\CCCCCCC)OC(=O)CCCCCCCCCCCCCCCCCCC. The van der Waals surface area contributed by atoms with Gasteiger partial charge < -0.3 is 14.2 Å². The summed E-state index contributed by atoms with van der Waals surface area (Å²) in [5.41, 5.74) is 0. The molecule has 1 atom stereocenters. The van der Waals surface area contributed by atoms with E-state index in [9.17, 15) is 14.4 Å². The van der Waals surface area contributed by atoms with Crippen molar-refractivity contribution in [1.82, 2.24) is 0 Å². The maximum atomic E-state index is 12.9. The Kier molecular flexibility index (Phi) is 61.7. The van der Waals surface area contributed by atoms with E-state index >= 15 is 0 Å². The van der Waals surface area contributed by atoms with Crippen LogP contribution in [0.1, 0.15) is 355 Å². The van der Waals surface area contributed by atoms with E-state index in [1.165, 1.54) is 238 Å². The number of allylic oxidation sites excluding steroid dienone is 8. The molecule has 0 aromatic rings. The maximum absolute atomic E-state index is 12.9. The normalized spacial score (nSPS) is 12.3. The van der Waals surface area contributed by atoms with Crippen LogP contribution < -0.4 is 0 Å². The van der Waals surface area contributed by atoms with Gasteiger partial charge in [0.25, 0.3) is 0 Å². The Labute approximate surface area is 467 Å². The molecular formula is C69H126O6. The molecule has 0 spiro atoms. The average molecular weight is 1050 g/mol. The standard InChI is InChI=1S/C69H126O6/c1-4-7-10-13-16-19-22-25-27-29-30-31-32-33-34-35-36-37-38-40-41-44-47-50-53-56-59-62-68(71)74-65-66(64-73-67(70)61-58-55-52-49-46-43-24-21-18-15-12-9-6-3)75-69(72)63-60-57-54-51-48-45-42-39-28-26-23-20-17-14-11-8-5-2/h21-22,24-25,29-30,32-33,66H,4-20,23,26-28,31,34-65H2,1-3H3/b24-21-,25-22-,30-29-,33-32-. The summed E-state index contributed by atoms with van der Waals surface area (Å²) < 4.78 is 16.9. The molecule has 0 bridgehead atoms. The molecular weight excluding hydrogens is 925 g/mol. The lowest BCUT2D eigenvalue weighted by Gasteiger charge is -2.18. The molecule has 0 saturated heterocycles. The fourth-order valence-corrected chi connectivity index (χ4v) is 9.80. The molecule has 0 radical (unpaired) electrons. The van der Waals surface area contributed by atoms with Crippen molar-refractivity contribution in [1.29, 1.82) is 0 Å². The summed E-state index contributed by atoms with van der Waals surface area (Å²) in [6, 6.07) is 0. The number of ether oxygens (including phenoxy) is 3. The van der Waals surface area contributed by atoms with Crippen LogP contribution in [0.5, 0.6) is 0 Å². The molecule has 0 fully saturated rings. The van der Waals surface area contributed by atoms with E-state index < -0.39 is 6.10 Å². The summed E-state index contributed by atoms with van der Waals surface area (Å²) in [7, 11) is 0. The van der Waals surface area contributed by atoms with Crippen LogP contribution in [0.25, 0.3) is 0 Å². The lowest BCUT2D eigenvalue weighted by Crippen LogP contribution is -2.30. The second-order valence-electron chi connectivity index (χ2n) is 22.4. The molecule has 0 aliphatic rings. The van der Waals surface area contributed by atoms with Gasteiger partial charge in [-0.25, -0.2) is 0 Å². The predicted octanol–water partition coefficient (Wildman–Crippen LogP) is 22.6. The highest BCUT2D eigenvalue weighted by Gasteiger charge is 2.19. The van der Waals surface area contributed by atoms with Crippen LogP contribution in [0.2, 0.25) is 0 Å². The molecule has 438 valence electrons. The molecule has 0 aromatic carbocycles. The van der Waals surface area contributed by atoms with Gasteiger partial charge in [-0.15, -0.1) is 0 Å². The van der Waals surface area contributed by atoms with Gasteiger partial charge in [-0.05, 0) is 83.5 Å². The van der Waals surface area contributed by atoms with Crippen LogP contribution in [0.3, 0.4) is 0 Å². The third kappa shape index (κ3) is 62.1. The number of carbonyl (C=O) groups is 3. The predicted molar refractivity (Wildman–Crippen MR) is 325 cm³/mol. The topological polar surface area (TPSA) is 78.9 Å². The van der Waals surface area contributed by atoms with Crippen molar-refractivity contribution in [3.8, 4) is 0 Å². The van der Waals surface area contributed by atoms with E-state index in [4.69, 9.17) is 14.2 Å². The molecule has 75 heavy (non-hydrogen) atoms. The number of unbranched alkanes of at least 4 members (excludes halogenated alkanes) is 42. The van der Waals surface area contributed by atoms with Crippen LogP contribution in [0.15, 0.2) is 48.6 Å². The van der Waals surface area contributed by atoms with Crippen molar-refractivity contribution in [2.45, 2.75) is 361 Å². The minimum Gasteiger partial charge on any atom is -0.462 e. The van der Waals surface area contributed by atoms with E-state index in [1.54, 1.807) is 0 Å². The second kappa shape index (κ2) is 63.9. The Morgan fingerprint density at radius 3 is 0.773 bits per heavy atom. The Morgan fingerprint density at radius 2 is 0.480 bits per heavy atom. The van der Waals surface area contributed by atoms with Crippen molar-refractivity contribution < 1.29 is 28.6 Å². The molecule has 0 N–H and O–H groups in total. The first-order valence-corrected chi connectivity index (χ1v) is 33.1. The Hall–Kier alpha value is -2.63.